The molecular weight excluding hydrogens is 1010 g/mol. The van der Waals surface area contributed by atoms with Crippen molar-refractivity contribution < 1.29 is 4.42 Å². The second kappa shape index (κ2) is 18.6. The summed E-state index contributed by atoms with van der Waals surface area (Å²) in [6.07, 6.45) is 0. The molecular formula is C76H70BN3OS. The molecule has 0 fully saturated rings. The van der Waals surface area contributed by atoms with Gasteiger partial charge in [0.1, 0.15) is 11.2 Å². The van der Waals surface area contributed by atoms with E-state index in [-0.39, 0.29) is 28.5 Å². The van der Waals surface area contributed by atoms with Crippen LogP contribution in [0.1, 0.15) is 105 Å². The van der Waals surface area contributed by atoms with Gasteiger partial charge in [0, 0.05) is 77.6 Å². The highest BCUT2D eigenvalue weighted by molar-refractivity contribution is 7.26. The average molecular weight is 1080 g/mol. The maximum absolute atomic E-state index is 6.88. The molecule has 0 atom stereocenters. The Balaban J connectivity index is 1.14. The van der Waals surface area contributed by atoms with Gasteiger partial charge in [-0.2, -0.15) is 0 Å². The van der Waals surface area contributed by atoms with E-state index in [0.717, 1.165) is 61.8 Å². The van der Waals surface area contributed by atoms with E-state index in [1.807, 2.05) is 11.3 Å². The summed E-state index contributed by atoms with van der Waals surface area (Å²) < 4.78 is 9.43. The molecule has 0 radical (unpaired) electrons. The monoisotopic (exact) mass is 1080 g/mol. The summed E-state index contributed by atoms with van der Waals surface area (Å²) in [5.74, 6) is 0. The maximum atomic E-state index is 6.88. The largest absolute Gasteiger partial charge is 0.456 e. The van der Waals surface area contributed by atoms with E-state index in [2.05, 4.69) is 304 Å². The van der Waals surface area contributed by atoms with Crippen molar-refractivity contribution in [1.29, 1.82) is 0 Å². The number of rotatable bonds is 6. The third-order valence-corrected chi connectivity index (χ3v) is 18.7. The molecule has 4 nitrogen and oxygen atoms in total. The predicted molar refractivity (Wildman–Crippen MR) is 355 cm³/mol. The van der Waals surface area contributed by atoms with Crippen molar-refractivity contribution in [2.45, 2.75) is 105 Å². The second-order valence-electron chi connectivity index (χ2n) is 27.1. The maximum Gasteiger partial charge on any atom is 0.333 e. The molecule has 0 bridgehead atoms. The van der Waals surface area contributed by atoms with Crippen LogP contribution in [0.2, 0.25) is 0 Å². The Morgan fingerprint density at radius 2 is 0.939 bits per heavy atom. The number of anilines is 8. The van der Waals surface area contributed by atoms with Gasteiger partial charge in [0.25, 0.3) is 0 Å². The summed E-state index contributed by atoms with van der Waals surface area (Å²) in [5.41, 5.74) is 23.2. The SMILES string of the molecule is CC(C)(C)c1ccc(N2B3c4cc(N(c5ccc(C(C)(C)C)cc5)c5ccc(C(C)(C)C)cc5)ccc4N(c4ccc(C(C)(C)C)cc4-c4ccccc4)c4c3c(cc3c4sc4ccccc43)-c3cc4c(cc32)oc2ccccc24)cc1. The number of nitrogens with zero attached hydrogens (tertiary/aromatic N) is 3. The van der Waals surface area contributed by atoms with Gasteiger partial charge >= 0.3 is 6.85 Å². The van der Waals surface area contributed by atoms with E-state index < -0.39 is 0 Å². The summed E-state index contributed by atoms with van der Waals surface area (Å²) in [6.45, 7) is 27.4. The molecule has 0 unspecified atom stereocenters. The van der Waals surface area contributed by atoms with Gasteiger partial charge in [-0.3, -0.25) is 0 Å². The molecule has 2 aromatic heterocycles. The first-order valence-electron chi connectivity index (χ1n) is 29.2. The van der Waals surface area contributed by atoms with Gasteiger partial charge < -0.3 is 19.0 Å². The number of hydrogen-bond donors (Lipinski definition) is 0. The number of para-hydroxylation sites is 1. The lowest BCUT2D eigenvalue weighted by molar-refractivity contribution is 0.590. The van der Waals surface area contributed by atoms with Crippen molar-refractivity contribution in [3.05, 3.63) is 229 Å². The zero-order valence-electron chi connectivity index (χ0n) is 49.4. The minimum absolute atomic E-state index is 0.00137. The van der Waals surface area contributed by atoms with Gasteiger partial charge in [-0.15, -0.1) is 11.3 Å². The first-order valence-corrected chi connectivity index (χ1v) is 30.0. The lowest BCUT2D eigenvalue weighted by atomic mass is 9.43. The highest BCUT2D eigenvalue weighted by atomic mass is 32.1. The van der Waals surface area contributed by atoms with Crippen LogP contribution >= 0.6 is 11.3 Å². The van der Waals surface area contributed by atoms with Crippen molar-refractivity contribution in [3.63, 3.8) is 0 Å². The summed E-state index contributed by atoms with van der Waals surface area (Å²) in [5, 5.41) is 4.77. The smallest absolute Gasteiger partial charge is 0.333 e. The van der Waals surface area contributed by atoms with Crippen LogP contribution in [0.3, 0.4) is 0 Å². The molecule has 404 valence electrons. The summed E-state index contributed by atoms with van der Waals surface area (Å²) in [4.78, 5) is 7.79. The van der Waals surface area contributed by atoms with Crippen molar-refractivity contribution in [2.24, 2.45) is 0 Å². The zero-order valence-corrected chi connectivity index (χ0v) is 50.2. The quantitative estimate of drug-likeness (QED) is 0.155. The predicted octanol–water partition coefficient (Wildman–Crippen LogP) is 21.0. The first kappa shape index (κ1) is 51.8. The molecule has 0 amide bonds. The van der Waals surface area contributed by atoms with E-state index in [1.165, 1.54) is 81.3 Å². The third-order valence-electron chi connectivity index (χ3n) is 17.5. The van der Waals surface area contributed by atoms with Crippen LogP contribution in [0.25, 0.3) is 64.4 Å². The van der Waals surface area contributed by atoms with Gasteiger partial charge in [0.2, 0.25) is 0 Å². The number of hydrogen-bond acceptors (Lipinski definition) is 5. The topological polar surface area (TPSA) is 22.9 Å². The van der Waals surface area contributed by atoms with Crippen molar-refractivity contribution in [3.8, 4) is 22.3 Å². The van der Waals surface area contributed by atoms with Crippen LogP contribution in [-0.2, 0) is 21.7 Å². The van der Waals surface area contributed by atoms with Gasteiger partial charge in [-0.05, 0) is 157 Å². The molecule has 14 rings (SSSR count). The summed E-state index contributed by atoms with van der Waals surface area (Å²) >= 11 is 1.92. The minimum Gasteiger partial charge on any atom is -0.456 e. The van der Waals surface area contributed by atoms with E-state index in [4.69, 9.17) is 4.42 Å². The van der Waals surface area contributed by atoms with Crippen LogP contribution in [-0.4, -0.2) is 6.85 Å². The first-order chi connectivity index (χ1) is 39.2. The minimum atomic E-state index is -0.275. The number of benzene rings is 10. The standard InChI is InChI=1S/C76H70BN3OS/c1-73(2,3)48-26-33-52(34-27-48)78(53-35-28-49(29-36-53)74(4,5)6)55-39-41-65-63(43-55)77-70-61(59-44-60-56-22-16-18-24-67(56)81-68(60)46-66(59)80(77)54-37-30-50(31-38-54)75(7,8)9)45-62-57-23-17-19-25-69(57)82-72(62)71(70)79(65)64-40-32-51(76(10,11)12)42-58(64)47-20-14-13-15-21-47/h13-46H,1-12H3. The molecule has 0 N–H and O–H groups in total. The summed E-state index contributed by atoms with van der Waals surface area (Å²) in [7, 11) is 0. The zero-order chi connectivity index (χ0) is 56.8. The molecule has 10 aromatic carbocycles. The molecule has 4 heterocycles. The van der Waals surface area contributed by atoms with Crippen LogP contribution in [0.4, 0.5) is 45.5 Å². The number of fused-ring (bicyclic) bond motifs is 11. The van der Waals surface area contributed by atoms with Crippen LogP contribution in [0.5, 0.6) is 0 Å². The molecule has 82 heavy (non-hydrogen) atoms. The van der Waals surface area contributed by atoms with Gasteiger partial charge in [0.15, 0.2) is 0 Å². The fraction of sp³-hybridized carbons (Fsp3) is 0.211. The Labute approximate surface area is 488 Å². The van der Waals surface area contributed by atoms with E-state index in [1.54, 1.807) is 0 Å². The van der Waals surface area contributed by atoms with Gasteiger partial charge in [0.05, 0.1) is 16.1 Å². The van der Waals surface area contributed by atoms with Crippen molar-refractivity contribution >= 4 is 117 Å². The van der Waals surface area contributed by atoms with Crippen molar-refractivity contribution in [1.82, 2.24) is 0 Å². The van der Waals surface area contributed by atoms with Crippen LogP contribution in [0.15, 0.2) is 211 Å². The van der Waals surface area contributed by atoms with Gasteiger partial charge in [-0.25, -0.2) is 0 Å². The molecule has 2 aliphatic heterocycles. The number of furan rings is 1. The van der Waals surface area contributed by atoms with Crippen molar-refractivity contribution in [2.75, 3.05) is 14.6 Å². The Morgan fingerprint density at radius 3 is 1.57 bits per heavy atom. The number of thiophene rings is 1. The van der Waals surface area contributed by atoms with Gasteiger partial charge in [-0.1, -0.05) is 192 Å². The normalized spacial score (nSPS) is 13.5. The third kappa shape index (κ3) is 8.47. The van der Waals surface area contributed by atoms with Crippen LogP contribution in [0, 0.1) is 0 Å². The fourth-order valence-electron chi connectivity index (χ4n) is 12.9. The molecule has 12 aromatic rings. The Morgan fingerprint density at radius 1 is 0.402 bits per heavy atom. The average Bonchev–Trinajstić information content (AvgIpc) is 1.28. The van der Waals surface area contributed by atoms with E-state index in [0.29, 0.717) is 0 Å². The lowest BCUT2D eigenvalue weighted by Gasteiger charge is -2.46. The highest BCUT2D eigenvalue weighted by Gasteiger charge is 2.47. The fourth-order valence-corrected chi connectivity index (χ4v) is 14.1. The highest BCUT2D eigenvalue weighted by Crippen LogP contribution is 2.55. The molecule has 0 aliphatic carbocycles. The molecule has 6 heteroatoms. The van der Waals surface area contributed by atoms with E-state index in [9.17, 15) is 0 Å². The Kier molecular flexibility index (Phi) is 11.8. The molecule has 0 saturated carbocycles. The Hall–Kier alpha value is -8.32. The van der Waals surface area contributed by atoms with E-state index >= 15 is 0 Å². The molecule has 0 saturated heterocycles. The lowest BCUT2D eigenvalue weighted by Crippen LogP contribution is -2.61. The molecule has 0 spiro atoms. The van der Waals surface area contributed by atoms with Crippen LogP contribution < -0.4 is 25.5 Å². The Bertz CT molecular complexity index is 4430. The summed E-state index contributed by atoms with van der Waals surface area (Å²) in [6, 6.07) is 78.5. The second-order valence-corrected chi connectivity index (χ2v) is 28.1. The molecule has 2 aliphatic rings.